The number of fused-ring (bicyclic) bond motifs is 3. The van der Waals surface area contributed by atoms with Crippen molar-refractivity contribution in [3.05, 3.63) is 93.1 Å². The van der Waals surface area contributed by atoms with Crippen molar-refractivity contribution in [1.82, 2.24) is 4.90 Å². The molecule has 3 aromatic rings. The third-order valence-electron chi connectivity index (χ3n) is 5.95. The second-order valence-corrected chi connectivity index (χ2v) is 8.77. The molecule has 0 spiro atoms. The van der Waals surface area contributed by atoms with Gasteiger partial charge in [0, 0.05) is 22.6 Å². The van der Waals surface area contributed by atoms with Gasteiger partial charge in [0.2, 0.25) is 5.78 Å². The number of hydrogen-bond acceptors (Lipinski definition) is 5. The zero-order valence-electron chi connectivity index (χ0n) is 17.8. The van der Waals surface area contributed by atoms with Crippen LogP contribution in [0, 0.1) is 0 Å². The summed E-state index contributed by atoms with van der Waals surface area (Å²) in [6, 6.07) is 19.8. The van der Waals surface area contributed by atoms with Gasteiger partial charge in [-0.25, -0.2) is 0 Å². The molecule has 162 valence electrons. The number of methoxy groups -OCH3 is 1. The molecule has 1 unspecified atom stereocenters. The molecular weight excluding hydrogens is 470 g/mol. The number of carbonyl (C=O) groups is 1. The lowest BCUT2D eigenvalue weighted by molar-refractivity contribution is 0.0606. The number of hydrogen-bond donors (Lipinski definition) is 0. The number of Topliss-reactive ketones (excluding diaryl/α,β-unsaturated/α-hetero) is 1. The van der Waals surface area contributed by atoms with E-state index in [0.29, 0.717) is 30.3 Å². The minimum atomic E-state index is -0.141. The van der Waals surface area contributed by atoms with Gasteiger partial charge in [0.05, 0.1) is 18.2 Å². The predicted octanol–water partition coefficient (Wildman–Crippen LogP) is 5.99. The van der Waals surface area contributed by atoms with E-state index in [9.17, 15) is 4.79 Å². The maximum Gasteiger partial charge on any atom is 0.231 e. The standard InChI is InChI=1S/C26H22BrNO4/c1-16(17-6-4-3-5-7-17)28-14-21-23(31-15-28)11-9-20-25(29)24(32-26(20)21)13-18-12-19(27)8-10-22(18)30-2/h3-13,16H,14-15H2,1-2H3/b24-13-. The summed E-state index contributed by atoms with van der Waals surface area (Å²) in [4.78, 5) is 15.3. The normalized spacial score (nSPS) is 17.3. The Labute approximate surface area is 195 Å². The van der Waals surface area contributed by atoms with Crippen LogP contribution in [0.3, 0.4) is 0 Å². The zero-order chi connectivity index (χ0) is 22.2. The third kappa shape index (κ3) is 3.70. The number of rotatable bonds is 4. The van der Waals surface area contributed by atoms with Crippen LogP contribution in [0.25, 0.3) is 6.08 Å². The molecule has 1 atom stereocenters. The molecule has 3 aromatic carbocycles. The highest BCUT2D eigenvalue weighted by atomic mass is 79.9. The van der Waals surface area contributed by atoms with Gasteiger partial charge in [0.15, 0.2) is 5.76 Å². The van der Waals surface area contributed by atoms with Crippen molar-refractivity contribution in [2.24, 2.45) is 0 Å². The minimum Gasteiger partial charge on any atom is -0.496 e. The molecule has 5 rings (SSSR count). The van der Waals surface area contributed by atoms with Gasteiger partial charge in [0.25, 0.3) is 0 Å². The Morgan fingerprint density at radius 2 is 1.94 bits per heavy atom. The predicted molar refractivity (Wildman–Crippen MR) is 126 cm³/mol. The summed E-state index contributed by atoms with van der Waals surface area (Å²) >= 11 is 3.47. The van der Waals surface area contributed by atoms with Crippen molar-refractivity contribution in [2.45, 2.75) is 19.5 Å². The molecule has 0 bridgehead atoms. The molecule has 2 aliphatic rings. The molecule has 0 radical (unpaired) electrons. The van der Waals surface area contributed by atoms with Gasteiger partial charge < -0.3 is 14.2 Å². The Hall–Kier alpha value is -3.09. The highest BCUT2D eigenvalue weighted by Gasteiger charge is 2.34. The molecule has 0 fully saturated rings. The van der Waals surface area contributed by atoms with Gasteiger partial charge in [-0.3, -0.25) is 9.69 Å². The molecule has 32 heavy (non-hydrogen) atoms. The Kier molecular flexibility index (Phi) is 5.49. The summed E-state index contributed by atoms with van der Waals surface area (Å²) < 4.78 is 18.5. The van der Waals surface area contributed by atoms with Gasteiger partial charge >= 0.3 is 0 Å². The molecule has 2 heterocycles. The Morgan fingerprint density at radius 1 is 1.12 bits per heavy atom. The van der Waals surface area contributed by atoms with Crippen LogP contribution >= 0.6 is 15.9 Å². The number of nitrogens with zero attached hydrogens (tertiary/aromatic N) is 1. The van der Waals surface area contributed by atoms with E-state index in [1.165, 1.54) is 5.56 Å². The smallest absolute Gasteiger partial charge is 0.231 e. The first kappa shape index (κ1) is 20.8. The molecule has 0 saturated heterocycles. The van der Waals surface area contributed by atoms with Gasteiger partial charge in [-0.05, 0) is 48.9 Å². The van der Waals surface area contributed by atoms with Gasteiger partial charge in [0.1, 0.15) is 24.0 Å². The fourth-order valence-corrected chi connectivity index (χ4v) is 4.50. The molecule has 0 N–H and O–H groups in total. The average Bonchev–Trinajstić information content (AvgIpc) is 3.14. The first-order valence-electron chi connectivity index (χ1n) is 10.4. The summed E-state index contributed by atoms with van der Waals surface area (Å²) in [7, 11) is 1.60. The number of halogens is 1. The van der Waals surface area contributed by atoms with Crippen LogP contribution in [0.1, 0.15) is 40.0 Å². The maximum absolute atomic E-state index is 13.1. The highest BCUT2D eigenvalue weighted by Crippen LogP contribution is 2.43. The molecule has 0 aromatic heterocycles. The monoisotopic (exact) mass is 491 g/mol. The lowest BCUT2D eigenvalue weighted by atomic mass is 10.0. The SMILES string of the molecule is COc1ccc(Br)cc1/C=C1\Oc2c(ccc3c2CN(C(C)c2ccccc2)CO3)C1=O. The number of allylic oxidation sites excluding steroid dienone is 1. The Morgan fingerprint density at radius 3 is 2.72 bits per heavy atom. The lowest BCUT2D eigenvalue weighted by Crippen LogP contribution is -2.34. The van der Waals surface area contributed by atoms with Crippen LogP contribution in [-0.4, -0.2) is 24.5 Å². The van der Waals surface area contributed by atoms with E-state index in [1.54, 1.807) is 19.3 Å². The second-order valence-electron chi connectivity index (χ2n) is 7.85. The maximum atomic E-state index is 13.1. The first-order chi connectivity index (χ1) is 15.5. The van der Waals surface area contributed by atoms with Crippen molar-refractivity contribution < 1.29 is 19.0 Å². The number of ether oxygens (including phenoxy) is 3. The highest BCUT2D eigenvalue weighted by molar-refractivity contribution is 9.10. The largest absolute Gasteiger partial charge is 0.496 e. The van der Waals surface area contributed by atoms with Crippen molar-refractivity contribution in [1.29, 1.82) is 0 Å². The fraction of sp³-hybridized carbons (Fsp3) is 0.192. The molecule has 0 amide bonds. The van der Waals surface area contributed by atoms with E-state index in [1.807, 2.05) is 42.5 Å². The summed E-state index contributed by atoms with van der Waals surface area (Å²) in [5.41, 5.74) is 3.44. The summed E-state index contributed by atoms with van der Waals surface area (Å²) in [5.74, 6) is 2.14. The average molecular weight is 492 g/mol. The van der Waals surface area contributed by atoms with Crippen molar-refractivity contribution in [3.8, 4) is 17.2 Å². The van der Waals surface area contributed by atoms with Gasteiger partial charge in [-0.1, -0.05) is 46.3 Å². The van der Waals surface area contributed by atoms with Crippen LogP contribution in [0.2, 0.25) is 0 Å². The number of benzene rings is 3. The van der Waals surface area contributed by atoms with E-state index in [4.69, 9.17) is 14.2 Å². The summed E-state index contributed by atoms with van der Waals surface area (Å²) in [6.07, 6.45) is 1.73. The van der Waals surface area contributed by atoms with Crippen molar-refractivity contribution >= 4 is 27.8 Å². The van der Waals surface area contributed by atoms with E-state index in [2.05, 4.69) is 39.9 Å². The number of ketones is 1. The topological polar surface area (TPSA) is 48.0 Å². The van der Waals surface area contributed by atoms with Crippen LogP contribution in [0.15, 0.2) is 70.9 Å². The van der Waals surface area contributed by atoms with Crippen LogP contribution in [-0.2, 0) is 6.54 Å². The second kappa shape index (κ2) is 8.45. The van der Waals surface area contributed by atoms with E-state index in [0.717, 1.165) is 21.3 Å². The summed E-state index contributed by atoms with van der Waals surface area (Å²) in [6.45, 7) is 3.27. The first-order valence-corrected chi connectivity index (χ1v) is 11.2. The molecule has 5 nitrogen and oxygen atoms in total. The Balaban J connectivity index is 1.47. The van der Waals surface area contributed by atoms with Crippen LogP contribution < -0.4 is 14.2 Å². The Bertz CT molecular complexity index is 1220. The summed E-state index contributed by atoms with van der Waals surface area (Å²) in [5, 5.41) is 0. The third-order valence-corrected chi connectivity index (χ3v) is 6.45. The van der Waals surface area contributed by atoms with Crippen molar-refractivity contribution in [3.63, 3.8) is 0 Å². The molecule has 6 heteroatoms. The van der Waals surface area contributed by atoms with Gasteiger partial charge in [-0.15, -0.1) is 0 Å². The van der Waals surface area contributed by atoms with Crippen LogP contribution in [0.4, 0.5) is 0 Å². The quantitative estimate of drug-likeness (QED) is 0.419. The van der Waals surface area contributed by atoms with Crippen LogP contribution in [0.5, 0.6) is 17.2 Å². The van der Waals surface area contributed by atoms with E-state index < -0.39 is 0 Å². The molecule has 2 aliphatic heterocycles. The molecular formula is C26H22BrNO4. The zero-order valence-corrected chi connectivity index (χ0v) is 19.4. The lowest BCUT2D eigenvalue weighted by Gasteiger charge is -2.34. The molecule has 0 saturated carbocycles. The van der Waals surface area contributed by atoms with E-state index in [-0.39, 0.29) is 17.6 Å². The minimum absolute atomic E-state index is 0.141. The molecule has 0 aliphatic carbocycles. The van der Waals surface area contributed by atoms with Gasteiger partial charge in [-0.2, -0.15) is 0 Å². The fourth-order valence-electron chi connectivity index (χ4n) is 4.13. The van der Waals surface area contributed by atoms with E-state index >= 15 is 0 Å². The number of carbonyl (C=O) groups excluding carboxylic acids is 1. The van der Waals surface area contributed by atoms with Crippen molar-refractivity contribution in [2.75, 3.05) is 13.8 Å².